The highest BCUT2D eigenvalue weighted by molar-refractivity contribution is 5.78. The zero-order valence-electron chi connectivity index (χ0n) is 11.7. The van der Waals surface area contributed by atoms with Crippen molar-refractivity contribution in [2.75, 3.05) is 20.1 Å². The van der Waals surface area contributed by atoms with Crippen LogP contribution in [-0.4, -0.2) is 43.0 Å². The van der Waals surface area contributed by atoms with Crippen LogP contribution in [0.2, 0.25) is 0 Å². The van der Waals surface area contributed by atoms with Gasteiger partial charge < -0.3 is 16.0 Å². The maximum absolute atomic E-state index is 11.9. The first-order chi connectivity index (χ1) is 8.65. The van der Waals surface area contributed by atoms with Gasteiger partial charge in [-0.25, -0.2) is 0 Å². The van der Waals surface area contributed by atoms with Crippen LogP contribution in [0.1, 0.15) is 39.0 Å². The number of nitrogens with zero attached hydrogens (tertiary/aromatic N) is 1. The summed E-state index contributed by atoms with van der Waals surface area (Å²) in [6.07, 6.45) is 6.00. The van der Waals surface area contributed by atoms with Gasteiger partial charge in [0.1, 0.15) is 0 Å². The summed E-state index contributed by atoms with van der Waals surface area (Å²) in [5.74, 6) is 0.803. The van der Waals surface area contributed by atoms with Gasteiger partial charge in [-0.15, -0.1) is 0 Å². The number of carbonyl (C=O) groups excluding carboxylic acids is 1. The molecular weight excluding hydrogens is 226 g/mol. The molecule has 0 aromatic heterocycles. The first kappa shape index (κ1) is 13.8. The summed E-state index contributed by atoms with van der Waals surface area (Å²) in [5.41, 5.74) is 5.60. The number of hydrogen-bond acceptors (Lipinski definition) is 3. The van der Waals surface area contributed by atoms with Crippen molar-refractivity contribution in [3.05, 3.63) is 0 Å². The standard InChI is InChI=1S/C14H27N3O/c1-3-11(8-15)14(18)16-9-10-6-12-4-5-13(7-10)17(12)2/h10-13H,3-9,15H2,1-2H3,(H,16,18). The second-order valence-electron chi connectivity index (χ2n) is 5.97. The predicted molar refractivity (Wildman–Crippen MR) is 73.1 cm³/mol. The molecule has 2 rings (SSSR count). The molecule has 18 heavy (non-hydrogen) atoms. The van der Waals surface area contributed by atoms with Crippen molar-refractivity contribution in [3.63, 3.8) is 0 Å². The fourth-order valence-corrected chi connectivity index (χ4v) is 3.54. The van der Waals surface area contributed by atoms with E-state index in [1.807, 2.05) is 6.92 Å². The molecule has 0 saturated carbocycles. The number of nitrogens with one attached hydrogen (secondary N) is 1. The highest BCUT2D eigenvalue weighted by Crippen LogP contribution is 2.36. The highest BCUT2D eigenvalue weighted by Gasteiger charge is 2.38. The third kappa shape index (κ3) is 2.86. The predicted octanol–water partition coefficient (Wildman–Crippen LogP) is 0.960. The maximum atomic E-state index is 11.9. The number of fused-ring (bicyclic) bond motifs is 2. The average Bonchev–Trinajstić information content (AvgIpc) is 2.61. The molecule has 0 aromatic rings. The molecule has 2 aliphatic heterocycles. The van der Waals surface area contributed by atoms with Gasteiger partial charge in [0.2, 0.25) is 5.91 Å². The summed E-state index contributed by atoms with van der Waals surface area (Å²) in [5, 5.41) is 3.10. The van der Waals surface area contributed by atoms with Gasteiger partial charge in [0, 0.05) is 31.1 Å². The molecule has 2 fully saturated rings. The Morgan fingerprint density at radius 3 is 2.50 bits per heavy atom. The molecule has 3 atom stereocenters. The molecule has 0 radical (unpaired) electrons. The Bertz CT molecular complexity index is 277. The van der Waals surface area contributed by atoms with E-state index in [0.717, 1.165) is 25.0 Å². The largest absolute Gasteiger partial charge is 0.356 e. The molecule has 104 valence electrons. The number of amides is 1. The second kappa shape index (κ2) is 6.02. The first-order valence-corrected chi connectivity index (χ1v) is 7.35. The minimum atomic E-state index is -0.00649. The smallest absolute Gasteiger partial charge is 0.224 e. The van der Waals surface area contributed by atoms with E-state index in [9.17, 15) is 4.79 Å². The van der Waals surface area contributed by atoms with Gasteiger partial charge in [0.25, 0.3) is 0 Å². The molecular formula is C14H27N3O. The molecule has 0 spiro atoms. The Labute approximate surface area is 110 Å². The van der Waals surface area contributed by atoms with Crippen LogP contribution in [-0.2, 0) is 4.79 Å². The van der Waals surface area contributed by atoms with Gasteiger partial charge in [0.15, 0.2) is 0 Å². The van der Waals surface area contributed by atoms with E-state index in [-0.39, 0.29) is 11.8 Å². The van der Waals surface area contributed by atoms with Gasteiger partial charge >= 0.3 is 0 Å². The number of hydrogen-bond donors (Lipinski definition) is 2. The topological polar surface area (TPSA) is 58.4 Å². The molecule has 2 aliphatic rings. The van der Waals surface area contributed by atoms with Crippen molar-refractivity contribution < 1.29 is 4.79 Å². The Kier molecular flexibility index (Phi) is 4.62. The van der Waals surface area contributed by atoms with E-state index in [1.54, 1.807) is 0 Å². The molecule has 4 nitrogen and oxygen atoms in total. The lowest BCUT2D eigenvalue weighted by Gasteiger charge is -2.36. The quantitative estimate of drug-likeness (QED) is 0.767. The lowest BCUT2D eigenvalue weighted by molar-refractivity contribution is -0.125. The summed E-state index contributed by atoms with van der Waals surface area (Å²) in [7, 11) is 2.25. The van der Waals surface area contributed by atoms with Crippen LogP contribution in [0.15, 0.2) is 0 Å². The molecule has 1 amide bonds. The lowest BCUT2D eigenvalue weighted by atomic mass is 9.91. The average molecular weight is 253 g/mol. The van der Waals surface area contributed by atoms with E-state index in [1.165, 1.54) is 25.7 Å². The SMILES string of the molecule is CCC(CN)C(=O)NCC1CC2CCC(C1)N2C. The van der Waals surface area contributed by atoms with Crippen LogP contribution in [0.25, 0.3) is 0 Å². The Morgan fingerprint density at radius 1 is 1.39 bits per heavy atom. The summed E-state index contributed by atoms with van der Waals surface area (Å²) in [6.45, 7) is 3.32. The Morgan fingerprint density at radius 2 is 2.00 bits per heavy atom. The van der Waals surface area contributed by atoms with Crippen molar-refractivity contribution in [3.8, 4) is 0 Å². The van der Waals surface area contributed by atoms with E-state index < -0.39 is 0 Å². The zero-order valence-corrected chi connectivity index (χ0v) is 11.7. The number of carbonyl (C=O) groups is 1. The molecule has 4 heteroatoms. The summed E-state index contributed by atoms with van der Waals surface area (Å²) >= 11 is 0. The molecule has 0 aromatic carbocycles. The van der Waals surface area contributed by atoms with Crippen molar-refractivity contribution in [2.24, 2.45) is 17.6 Å². The minimum Gasteiger partial charge on any atom is -0.356 e. The normalized spacial score (nSPS) is 33.4. The maximum Gasteiger partial charge on any atom is 0.224 e. The van der Waals surface area contributed by atoms with Crippen molar-refractivity contribution >= 4 is 5.91 Å². The summed E-state index contributed by atoms with van der Waals surface area (Å²) in [6, 6.07) is 1.50. The third-order valence-corrected chi connectivity index (χ3v) is 4.91. The third-order valence-electron chi connectivity index (χ3n) is 4.91. The van der Waals surface area contributed by atoms with Crippen molar-refractivity contribution in [2.45, 2.75) is 51.1 Å². The van der Waals surface area contributed by atoms with E-state index in [2.05, 4.69) is 17.3 Å². The Balaban J connectivity index is 1.76. The molecule has 2 saturated heterocycles. The van der Waals surface area contributed by atoms with E-state index in [0.29, 0.717) is 12.5 Å². The zero-order chi connectivity index (χ0) is 13.1. The summed E-state index contributed by atoms with van der Waals surface area (Å²) in [4.78, 5) is 14.4. The lowest BCUT2D eigenvalue weighted by Crippen LogP contribution is -2.44. The molecule has 3 unspecified atom stereocenters. The van der Waals surface area contributed by atoms with Gasteiger partial charge in [-0.1, -0.05) is 6.92 Å². The molecule has 2 bridgehead atoms. The van der Waals surface area contributed by atoms with Crippen LogP contribution in [0.5, 0.6) is 0 Å². The van der Waals surface area contributed by atoms with Crippen molar-refractivity contribution in [1.29, 1.82) is 0 Å². The highest BCUT2D eigenvalue weighted by atomic mass is 16.1. The van der Waals surface area contributed by atoms with Crippen LogP contribution >= 0.6 is 0 Å². The van der Waals surface area contributed by atoms with Crippen LogP contribution < -0.4 is 11.1 Å². The van der Waals surface area contributed by atoms with Crippen LogP contribution in [0.4, 0.5) is 0 Å². The summed E-state index contributed by atoms with van der Waals surface area (Å²) < 4.78 is 0. The minimum absolute atomic E-state index is 0.00649. The fourth-order valence-electron chi connectivity index (χ4n) is 3.54. The van der Waals surface area contributed by atoms with Gasteiger partial charge in [-0.3, -0.25) is 4.79 Å². The number of nitrogens with two attached hydrogens (primary N) is 1. The molecule has 3 N–H and O–H groups in total. The van der Waals surface area contributed by atoms with E-state index in [4.69, 9.17) is 5.73 Å². The van der Waals surface area contributed by atoms with Crippen LogP contribution in [0, 0.1) is 11.8 Å². The fraction of sp³-hybridized carbons (Fsp3) is 0.929. The van der Waals surface area contributed by atoms with E-state index >= 15 is 0 Å². The van der Waals surface area contributed by atoms with Gasteiger partial charge in [-0.2, -0.15) is 0 Å². The number of piperidine rings is 1. The molecule has 2 heterocycles. The monoisotopic (exact) mass is 253 g/mol. The first-order valence-electron chi connectivity index (χ1n) is 7.35. The Hall–Kier alpha value is -0.610. The van der Waals surface area contributed by atoms with Crippen molar-refractivity contribution in [1.82, 2.24) is 10.2 Å². The van der Waals surface area contributed by atoms with Crippen LogP contribution in [0.3, 0.4) is 0 Å². The van der Waals surface area contributed by atoms with Gasteiger partial charge in [0.05, 0.1) is 0 Å². The second-order valence-corrected chi connectivity index (χ2v) is 5.97. The number of rotatable bonds is 5. The molecule has 0 aliphatic carbocycles. The van der Waals surface area contributed by atoms with Gasteiger partial charge in [-0.05, 0) is 45.1 Å².